The second kappa shape index (κ2) is 6.93. The van der Waals surface area contributed by atoms with E-state index in [-0.39, 0.29) is 10.9 Å². The maximum atomic E-state index is 12.0. The SMILES string of the molecule is CSCCC(C)NS(=O)(=O)c1ccc(NN)nc1. The summed E-state index contributed by atoms with van der Waals surface area (Å²) in [5, 5.41) is 0. The van der Waals surface area contributed by atoms with Crippen LogP contribution in [0, 0.1) is 0 Å². The Hall–Kier alpha value is -0.830. The number of hydrogen-bond donors (Lipinski definition) is 3. The summed E-state index contributed by atoms with van der Waals surface area (Å²) in [5.41, 5.74) is 2.35. The van der Waals surface area contributed by atoms with Crippen molar-refractivity contribution in [1.29, 1.82) is 0 Å². The highest BCUT2D eigenvalue weighted by Crippen LogP contribution is 2.11. The summed E-state index contributed by atoms with van der Waals surface area (Å²) in [6, 6.07) is 2.88. The molecule has 6 nitrogen and oxygen atoms in total. The van der Waals surface area contributed by atoms with Crippen molar-refractivity contribution in [2.75, 3.05) is 17.4 Å². The van der Waals surface area contributed by atoms with Crippen LogP contribution in [0.5, 0.6) is 0 Å². The molecule has 1 rings (SSSR count). The summed E-state index contributed by atoms with van der Waals surface area (Å²) < 4.78 is 26.6. The maximum absolute atomic E-state index is 12.0. The number of thioether (sulfide) groups is 1. The third-order valence-electron chi connectivity index (χ3n) is 2.31. The molecule has 0 fully saturated rings. The minimum Gasteiger partial charge on any atom is -0.308 e. The van der Waals surface area contributed by atoms with E-state index in [1.165, 1.54) is 18.3 Å². The van der Waals surface area contributed by atoms with Gasteiger partial charge in [0.1, 0.15) is 10.7 Å². The van der Waals surface area contributed by atoms with E-state index in [9.17, 15) is 8.42 Å². The summed E-state index contributed by atoms with van der Waals surface area (Å²) >= 11 is 1.69. The van der Waals surface area contributed by atoms with Crippen LogP contribution in [0.4, 0.5) is 5.82 Å². The fraction of sp³-hybridized carbons (Fsp3) is 0.500. The van der Waals surface area contributed by atoms with Crippen molar-refractivity contribution >= 4 is 27.6 Å². The predicted octanol–water partition coefficient (Wildman–Crippen LogP) is 0.787. The molecule has 1 atom stereocenters. The number of nitrogens with one attached hydrogen (secondary N) is 2. The van der Waals surface area contributed by atoms with Crippen molar-refractivity contribution in [3.8, 4) is 0 Å². The molecule has 1 heterocycles. The Balaban J connectivity index is 2.73. The van der Waals surface area contributed by atoms with Gasteiger partial charge in [0, 0.05) is 12.2 Å². The van der Waals surface area contributed by atoms with Gasteiger partial charge in [0.2, 0.25) is 10.0 Å². The topological polar surface area (TPSA) is 97.1 Å². The third-order valence-corrected chi connectivity index (χ3v) is 4.52. The average molecular weight is 290 g/mol. The molecule has 0 amide bonds. The van der Waals surface area contributed by atoms with Gasteiger partial charge in [-0.25, -0.2) is 24.0 Å². The number of sulfonamides is 1. The molecule has 0 bridgehead atoms. The third kappa shape index (κ3) is 4.45. The van der Waals surface area contributed by atoms with E-state index in [1.807, 2.05) is 13.2 Å². The lowest BCUT2D eigenvalue weighted by Crippen LogP contribution is -2.33. The van der Waals surface area contributed by atoms with Gasteiger partial charge in [0.15, 0.2) is 0 Å². The zero-order valence-electron chi connectivity index (χ0n) is 10.4. The molecule has 0 saturated carbocycles. The summed E-state index contributed by atoms with van der Waals surface area (Å²) in [6.07, 6.45) is 4.05. The molecule has 0 aliphatic heterocycles. The normalized spacial score (nSPS) is 13.3. The Morgan fingerprint density at radius 1 is 1.50 bits per heavy atom. The minimum atomic E-state index is -3.51. The zero-order chi connectivity index (χ0) is 13.6. The van der Waals surface area contributed by atoms with Gasteiger partial charge in [-0.1, -0.05) is 0 Å². The van der Waals surface area contributed by atoms with Crippen LogP contribution in [0.25, 0.3) is 0 Å². The smallest absolute Gasteiger partial charge is 0.242 e. The molecule has 1 aromatic heterocycles. The van der Waals surface area contributed by atoms with E-state index in [0.29, 0.717) is 5.82 Å². The molecule has 8 heteroatoms. The van der Waals surface area contributed by atoms with Crippen molar-refractivity contribution < 1.29 is 8.42 Å². The van der Waals surface area contributed by atoms with Crippen LogP contribution >= 0.6 is 11.8 Å². The number of anilines is 1. The van der Waals surface area contributed by atoms with Crippen molar-refractivity contribution in [2.24, 2.45) is 5.84 Å². The van der Waals surface area contributed by atoms with E-state index in [0.717, 1.165) is 12.2 Å². The van der Waals surface area contributed by atoms with E-state index < -0.39 is 10.0 Å². The van der Waals surface area contributed by atoms with E-state index in [4.69, 9.17) is 5.84 Å². The van der Waals surface area contributed by atoms with Gasteiger partial charge < -0.3 is 5.43 Å². The fourth-order valence-electron chi connectivity index (χ4n) is 1.31. The van der Waals surface area contributed by atoms with Crippen LogP contribution in [-0.2, 0) is 10.0 Å². The standard InChI is InChI=1S/C10H18N4O2S2/c1-8(5-6-17-2)14-18(15,16)9-3-4-10(13-11)12-7-9/h3-4,7-8,14H,5-6,11H2,1-2H3,(H,12,13). The molecule has 0 saturated heterocycles. The molecular formula is C10H18N4O2S2. The second-order valence-electron chi connectivity index (χ2n) is 3.83. The molecule has 1 unspecified atom stereocenters. The second-order valence-corrected chi connectivity index (χ2v) is 6.53. The van der Waals surface area contributed by atoms with Gasteiger partial charge >= 0.3 is 0 Å². The summed E-state index contributed by atoms with van der Waals surface area (Å²) in [6.45, 7) is 1.84. The summed E-state index contributed by atoms with van der Waals surface area (Å²) in [4.78, 5) is 4.01. The Labute approximate surface area is 112 Å². The lowest BCUT2D eigenvalue weighted by molar-refractivity contribution is 0.556. The molecule has 1 aromatic rings. The predicted molar refractivity (Wildman–Crippen MR) is 74.8 cm³/mol. The van der Waals surface area contributed by atoms with Crippen LogP contribution < -0.4 is 16.0 Å². The highest BCUT2D eigenvalue weighted by molar-refractivity contribution is 7.98. The monoisotopic (exact) mass is 290 g/mol. The van der Waals surface area contributed by atoms with Crippen LogP contribution in [0.2, 0.25) is 0 Å². The molecule has 0 aliphatic carbocycles. The van der Waals surface area contributed by atoms with Crippen molar-refractivity contribution in [1.82, 2.24) is 9.71 Å². The van der Waals surface area contributed by atoms with Crippen LogP contribution in [0.1, 0.15) is 13.3 Å². The van der Waals surface area contributed by atoms with Crippen molar-refractivity contribution in [3.05, 3.63) is 18.3 Å². The highest BCUT2D eigenvalue weighted by Gasteiger charge is 2.17. The largest absolute Gasteiger partial charge is 0.308 e. The van der Waals surface area contributed by atoms with E-state index in [1.54, 1.807) is 11.8 Å². The molecule has 4 N–H and O–H groups in total. The van der Waals surface area contributed by atoms with Gasteiger partial charge in [0.05, 0.1) is 0 Å². The van der Waals surface area contributed by atoms with E-state index in [2.05, 4.69) is 15.1 Å². The van der Waals surface area contributed by atoms with Gasteiger partial charge in [-0.15, -0.1) is 0 Å². The van der Waals surface area contributed by atoms with Gasteiger partial charge in [-0.05, 0) is 37.5 Å². The number of nitrogen functional groups attached to an aromatic ring is 1. The lowest BCUT2D eigenvalue weighted by atomic mass is 10.3. The highest BCUT2D eigenvalue weighted by atomic mass is 32.2. The average Bonchev–Trinajstić information content (AvgIpc) is 2.36. The van der Waals surface area contributed by atoms with Crippen LogP contribution in [0.15, 0.2) is 23.2 Å². The number of nitrogens with two attached hydrogens (primary N) is 1. The first-order valence-electron chi connectivity index (χ1n) is 5.43. The van der Waals surface area contributed by atoms with Gasteiger partial charge in [-0.3, -0.25) is 0 Å². The Morgan fingerprint density at radius 3 is 2.72 bits per heavy atom. The summed E-state index contributed by atoms with van der Waals surface area (Å²) in [5.74, 6) is 6.50. The number of nitrogens with zero attached hydrogens (tertiary/aromatic N) is 1. The maximum Gasteiger partial charge on any atom is 0.242 e. The molecule has 0 radical (unpaired) electrons. The molecule has 102 valence electrons. The Morgan fingerprint density at radius 2 is 2.22 bits per heavy atom. The number of aromatic nitrogens is 1. The zero-order valence-corrected chi connectivity index (χ0v) is 12.0. The molecule has 0 spiro atoms. The Bertz CT molecular complexity index is 461. The molecule has 0 aliphatic rings. The lowest BCUT2D eigenvalue weighted by Gasteiger charge is -2.13. The first-order valence-corrected chi connectivity index (χ1v) is 8.31. The quantitative estimate of drug-likeness (QED) is 0.507. The van der Waals surface area contributed by atoms with Crippen molar-refractivity contribution in [2.45, 2.75) is 24.3 Å². The number of rotatable bonds is 7. The molecular weight excluding hydrogens is 272 g/mol. The number of pyridine rings is 1. The van der Waals surface area contributed by atoms with Crippen LogP contribution in [-0.4, -0.2) is 31.5 Å². The van der Waals surface area contributed by atoms with Crippen molar-refractivity contribution in [3.63, 3.8) is 0 Å². The summed E-state index contributed by atoms with van der Waals surface area (Å²) in [7, 11) is -3.51. The first kappa shape index (κ1) is 15.2. The number of hydrogen-bond acceptors (Lipinski definition) is 6. The van der Waals surface area contributed by atoms with Crippen LogP contribution in [0.3, 0.4) is 0 Å². The van der Waals surface area contributed by atoms with Gasteiger partial charge in [0.25, 0.3) is 0 Å². The Kier molecular flexibility index (Phi) is 5.86. The molecule has 18 heavy (non-hydrogen) atoms. The van der Waals surface area contributed by atoms with E-state index >= 15 is 0 Å². The first-order chi connectivity index (χ1) is 8.49. The minimum absolute atomic E-state index is 0.102. The fourth-order valence-corrected chi connectivity index (χ4v) is 3.12. The molecule has 0 aromatic carbocycles. The van der Waals surface area contributed by atoms with Gasteiger partial charge in [-0.2, -0.15) is 11.8 Å². The number of hydrazine groups is 1.